The molecular formula is C36H32N8O2. The third-order valence-electron chi connectivity index (χ3n) is 9.42. The van der Waals surface area contributed by atoms with Crippen molar-refractivity contribution in [3.8, 4) is 12.1 Å². The molecule has 8 rings (SSSR count). The fraction of sp³-hybridized carbons (Fsp3) is 0.333. The van der Waals surface area contributed by atoms with Gasteiger partial charge in [-0.3, -0.25) is 9.59 Å². The lowest BCUT2D eigenvalue weighted by Crippen LogP contribution is -2.45. The fourth-order valence-corrected chi connectivity index (χ4v) is 7.68. The van der Waals surface area contributed by atoms with Crippen LogP contribution in [0.4, 0.5) is 11.9 Å². The van der Waals surface area contributed by atoms with Gasteiger partial charge in [0.05, 0.1) is 42.1 Å². The highest BCUT2D eigenvalue weighted by atomic mass is 16.1. The summed E-state index contributed by atoms with van der Waals surface area (Å²) in [7, 11) is 0. The Hall–Kier alpha value is -5.48. The molecule has 6 heterocycles. The molecule has 46 heavy (non-hydrogen) atoms. The molecular weight excluding hydrogens is 576 g/mol. The zero-order chi connectivity index (χ0) is 32.3. The number of fused-ring (bicyclic) bond motifs is 8. The molecule has 4 aromatic rings. The van der Waals surface area contributed by atoms with Crippen LogP contribution in [0.1, 0.15) is 79.5 Å². The van der Waals surface area contributed by atoms with Gasteiger partial charge in [0.15, 0.2) is 11.6 Å². The van der Waals surface area contributed by atoms with Crippen molar-refractivity contribution >= 4 is 23.5 Å². The molecule has 2 saturated heterocycles. The highest BCUT2D eigenvalue weighted by Gasteiger charge is 2.53. The standard InChI is InChI=1S/2C18H16N4O/c1-10-7-11(2)21-18(20-10)22-15-8-12(9-19)16(22)13-5-3-4-6-14(13)17(15)23;1-10-7-11(2)21-18(20-10)22-15-8-12(9-19)16(22)17(23)14-6-4-3-5-13(14)15/h2*3-7,12,15-16H,8H2,1-2H3/t2*12-,15?,16?/m10/s1. The van der Waals surface area contributed by atoms with Gasteiger partial charge < -0.3 is 9.80 Å². The summed E-state index contributed by atoms with van der Waals surface area (Å²) in [5, 5.41) is 19.1. The quantitative estimate of drug-likeness (QED) is 0.287. The number of nitrogens with zero attached hydrogens (tertiary/aromatic N) is 8. The molecule has 0 N–H and O–H groups in total. The van der Waals surface area contributed by atoms with Crippen molar-refractivity contribution in [2.24, 2.45) is 11.8 Å². The second-order valence-electron chi connectivity index (χ2n) is 12.5. The zero-order valence-corrected chi connectivity index (χ0v) is 26.0. The predicted molar refractivity (Wildman–Crippen MR) is 170 cm³/mol. The van der Waals surface area contributed by atoms with Crippen molar-refractivity contribution in [1.82, 2.24) is 19.9 Å². The highest BCUT2D eigenvalue weighted by molar-refractivity contribution is 6.06. The molecule has 2 aromatic heterocycles. The first-order valence-electron chi connectivity index (χ1n) is 15.5. The van der Waals surface area contributed by atoms with E-state index in [9.17, 15) is 20.1 Å². The van der Waals surface area contributed by atoms with Crippen molar-refractivity contribution in [3.63, 3.8) is 0 Å². The Labute approximate surface area is 267 Å². The van der Waals surface area contributed by atoms with Gasteiger partial charge >= 0.3 is 0 Å². The van der Waals surface area contributed by atoms with E-state index in [-0.39, 0.29) is 41.5 Å². The van der Waals surface area contributed by atoms with Crippen LogP contribution in [0.5, 0.6) is 0 Å². The summed E-state index contributed by atoms with van der Waals surface area (Å²) < 4.78 is 0. The second kappa shape index (κ2) is 11.1. The van der Waals surface area contributed by atoms with Gasteiger partial charge in [0.25, 0.3) is 0 Å². The van der Waals surface area contributed by atoms with Crippen molar-refractivity contribution < 1.29 is 9.59 Å². The average molecular weight is 609 g/mol. The minimum Gasteiger partial charge on any atom is -0.322 e. The van der Waals surface area contributed by atoms with E-state index in [1.165, 1.54) is 0 Å². The summed E-state index contributed by atoms with van der Waals surface area (Å²) in [5.41, 5.74) is 6.84. The predicted octanol–water partition coefficient (Wildman–Crippen LogP) is 5.50. The Bertz CT molecular complexity index is 1900. The van der Waals surface area contributed by atoms with Gasteiger partial charge in [0.1, 0.15) is 6.04 Å². The Morgan fingerprint density at radius 2 is 1.04 bits per heavy atom. The molecule has 10 nitrogen and oxygen atoms in total. The lowest BCUT2D eigenvalue weighted by molar-refractivity contribution is 0.0940. The number of hydrogen-bond donors (Lipinski definition) is 0. The smallest absolute Gasteiger partial charge is 0.226 e. The van der Waals surface area contributed by atoms with E-state index < -0.39 is 6.04 Å². The molecule has 4 unspecified atom stereocenters. The fourth-order valence-electron chi connectivity index (χ4n) is 7.68. The van der Waals surface area contributed by atoms with Gasteiger partial charge in [0.2, 0.25) is 11.9 Å². The number of carbonyl (C=O) groups excluding carboxylic acids is 2. The maximum absolute atomic E-state index is 12.9. The first-order valence-corrected chi connectivity index (χ1v) is 15.5. The average Bonchev–Trinajstić information content (AvgIpc) is 3.56. The van der Waals surface area contributed by atoms with E-state index in [4.69, 9.17) is 0 Å². The number of anilines is 2. The van der Waals surface area contributed by atoms with Crippen molar-refractivity contribution in [3.05, 3.63) is 106 Å². The molecule has 10 heteroatoms. The van der Waals surface area contributed by atoms with Crippen LogP contribution in [0.3, 0.4) is 0 Å². The van der Waals surface area contributed by atoms with Crippen LogP contribution in [0.15, 0.2) is 60.7 Å². The molecule has 228 valence electrons. The summed E-state index contributed by atoms with van der Waals surface area (Å²) in [5.74, 6) is 0.624. The number of nitriles is 2. The summed E-state index contributed by atoms with van der Waals surface area (Å²) in [6.45, 7) is 7.67. The molecule has 0 amide bonds. The number of aryl methyl sites for hydroxylation is 4. The van der Waals surface area contributed by atoms with Gasteiger partial charge in [-0.2, -0.15) is 10.5 Å². The van der Waals surface area contributed by atoms with E-state index in [0.29, 0.717) is 24.7 Å². The zero-order valence-electron chi connectivity index (χ0n) is 26.0. The highest BCUT2D eigenvalue weighted by Crippen LogP contribution is 2.49. The summed E-state index contributed by atoms with van der Waals surface area (Å²) in [6.07, 6.45) is 1.17. The third kappa shape index (κ3) is 4.60. The van der Waals surface area contributed by atoms with E-state index in [0.717, 1.165) is 45.0 Å². The number of ketones is 2. The molecule has 0 spiro atoms. The van der Waals surface area contributed by atoms with Gasteiger partial charge in [0, 0.05) is 33.9 Å². The summed E-state index contributed by atoms with van der Waals surface area (Å²) in [6, 6.07) is 22.7. The molecule has 2 aromatic carbocycles. The lowest BCUT2D eigenvalue weighted by atomic mass is 9.90. The SMILES string of the molecule is Cc1cc(C)nc(N2C3C[C@@H](C#N)C2C(=O)c2ccccc23)n1.Cc1cc(C)nc(N2C3C[C@H](C#N)C2c2ccccc2C3=O)n1. The Balaban J connectivity index is 0.000000147. The van der Waals surface area contributed by atoms with E-state index in [1.54, 1.807) is 0 Å². The topological polar surface area (TPSA) is 140 Å². The number of hydrogen-bond acceptors (Lipinski definition) is 10. The Morgan fingerprint density at radius 1 is 0.609 bits per heavy atom. The maximum atomic E-state index is 12.9. The van der Waals surface area contributed by atoms with Gasteiger partial charge in [-0.25, -0.2) is 19.9 Å². The molecule has 6 atom stereocenters. The van der Waals surface area contributed by atoms with Crippen LogP contribution in [0, 0.1) is 62.2 Å². The summed E-state index contributed by atoms with van der Waals surface area (Å²) in [4.78, 5) is 47.9. The van der Waals surface area contributed by atoms with E-state index in [2.05, 4.69) is 32.1 Å². The minimum absolute atomic E-state index is 0.00339. The number of Topliss-reactive ketones (excluding diaryl/α,β-unsaturated/α-hetero) is 2. The normalized spacial score (nSPS) is 25.2. The molecule has 0 radical (unpaired) electrons. The molecule has 0 aliphatic carbocycles. The third-order valence-corrected chi connectivity index (χ3v) is 9.42. The maximum Gasteiger partial charge on any atom is 0.226 e. The van der Waals surface area contributed by atoms with Gasteiger partial charge in [-0.15, -0.1) is 0 Å². The molecule has 4 aliphatic heterocycles. The van der Waals surface area contributed by atoms with E-state index in [1.807, 2.05) is 98.2 Å². The minimum atomic E-state index is -0.485. The van der Waals surface area contributed by atoms with E-state index >= 15 is 0 Å². The number of benzene rings is 2. The van der Waals surface area contributed by atoms with Crippen LogP contribution in [0.25, 0.3) is 0 Å². The molecule has 0 saturated carbocycles. The molecule has 4 aliphatic rings. The molecule has 4 bridgehead atoms. The Kier molecular flexibility index (Phi) is 7.09. The number of carbonyl (C=O) groups is 2. The first kappa shape index (κ1) is 29.2. The lowest BCUT2D eigenvalue weighted by Gasteiger charge is -2.35. The monoisotopic (exact) mass is 608 g/mol. The number of rotatable bonds is 2. The van der Waals surface area contributed by atoms with Crippen molar-refractivity contribution in [2.75, 3.05) is 9.80 Å². The van der Waals surface area contributed by atoms with Crippen LogP contribution in [-0.2, 0) is 0 Å². The van der Waals surface area contributed by atoms with Crippen molar-refractivity contribution in [2.45, 2.75) is 64.7 Å². The van der Waals surface area contributed by atoms with Crippen LogP contribution < -0.4 is 9.80 Å². The largest absolute Gasteiger partial charge is 0.322 e. The molecule has 2 fully saturated rings. The first-order chi connectivity index (χ1) is 22.2. The number of aromatic nitrogens is 4. The Morgan fingerprint density at radius 3 is 1.59 bits per heavy atom. The van der Waals surface area contributed by atoms with Gasteiger partial charge in [-0.05, 0) is 63.8 Å². The van der Waals surface area contributed by atoms with Gasteiger partial charge in [-0.1, -0.05) is 48.5 Å². The van der Waals surface area contributed by atoms with Crippen LogP contribution in [0.2, 0.25) is 0 Å². The van der Waals surface area contributed by atoms with Crippen molar-refractivity contribution in [1.29, 1.82) is 10.5 Å². The summed E-state index contributed by atoms with van der Waals surface area (Å²) >= 11 is 0. The second-order valence-corrected chi connectivity index (χ2v) is 12.5. The van der Waals surface area contributed by atoms with Crippen LogP contribution >= 0.6 is 0 Å². The van der Waals surface area contributed by atoms with Crippen LogP contribution in [-0.4, -0.2) is 43.6 Å².